The number of rotatable bonds is 7. The largest absolute Gasteiger partial charge is 0.466 e. The lowest BCUT2D eigenvalue weighted by Crippen LogP contribution is -2.40. The Balaban J connectivity index is 1.68. The highest BCUT2D eigenvalue weighted by molar-refractivity contribution is 7.92. The SMILES string of the molecule is CCOC(=O)C1CCN(C(=O)c2ccc(CN(c3ccc(C)c(C)c3)S(C)(=O)=O)cc2)CC1. The van der Waals surface area contributed by atoms with Crippen molar-refractivity contribution in [2.45, 2.75) is 40.2 Å². The van der Waals surface area contributed by atoms with Crippen LogP contribution in [-0.2, 0) is 26.1 Å². The molecule has 0 spiro atoms. The van der Waals surface area contributed by atoms with Crippen LogP contribution in [0, 0.1) is 19.8 Å². The van der Waals surface area contributed by atoms with Gasteiger partial charge in [0.25, 0.3) is 5.91 Å². The summed E-state index contributed by atoms with van der Waals surface area (Å²) in [6.07, 6.45) is 2.39. The topological polar surface area (TPSA) is 84.0 Å². The van der Waals surface area contributed by atoms with Crippen molar-refractivity contribution in [3.05, 3.63) is 64.7 Å². The van der Waals surface area contributed by atoms with Crippen molar-refractivity contribution in [2.75, 3.05) is 30.3 Å². The summed E-state index contributed by atoms with van der Waals surface area (Å²) in [6, 6.07) is 12.6. The molecule has 0 N–H and O–H groups in total. The second-order valence-electron chi connectivity index (χ2n) is 8.55. The third-order valence-electron chi connectivity index (χ3n) is 6.11. The fourth-order valence-electron chi connectivity index (χ4n) is 3.96. The number of aryl methyl sites for hydroxylation is 2. The lowest BCUT2D eigenvalue weighted by atomic mass is 9.96. The van der Waals surface area contributed by atoms with Gasteiger partial charge in [-0.05, 0) is 74.6 Å². The second kappa shape index (κ2) is 10.4. The third-order valence-corrected chi connectivity index (χ3v) is 7.25. The van der Waals surface area contributed by atoms with Crippen LogP contribution in [0.15, 0.2) is 42.5 Å². The molecule has 8 heteroatoms. The van der Waals surface area contributed by atoms with E-state index in [1.807, 2.05) is 26.0 Å². The van der Waals surface area contributed by atoms with Crippen molar-refractivity contribution in [2.24, 2.45) is 5.92 Å². The fourth-order valence-corrected chi connectivity index (χ4v) is 4.84. The Morgan fingerprint density at radius 3 is 2.21 bits per heavy atom. The Morgan fingerprint density at radius 2 is 1.67 bits per heavy atom. The van der Waals surface area contributed by atoms with Gasteiger partial charge in [0.15, 0.2) is 0 Å². The van der Waals surface area contributed by atoms with E-state index in [1.165, 1.54) is 10.6 Å². The van der Waals surface area contributed by atoms with Crippen molar-refractivity contribution in [1.82, 2.24) is 4.90 Å². The molecule has 178 valence electrons. The Bertz CT molecular complexity index is 1100. The number of likely N-dealkylation sites (tertiary alicyclic amines) is 1. The maximum Gasteiger partial charge on any atom is 0.309 e. The molecule has 1 saturated heterocycles. The number of nitrogens with zero attached hydrogens (tertiary/aromatic N) is 2. The molecule has 7 nitrogen and oxygen atoms in total. The number of hydrogen-bond acceptors (Lipinski definition) is 5. The van der Waals surface area contributed by atoms with Gasteiger partial charge in [-0.25, -0.2) is 8.42 Å². The number of ether oxygens (including phenoxy) is 1. The van der Waals surface area contributed by atoms with Crippen molar-refractivity contribution in [3.8, 4) is 0 Å². The lowest BCUT2D eigenvalue weighted by molar-refractivity contribution is -0.149. The number of esters is 1. The Kier molecular flexibility index (Phi) is 7.79. The molecule has 33 heavy (non-hydrogen) atoms. The number of sulfonamides is 1. The van der Waals surface area contributed by atoms with Gasteiger partial charge < -0.3 is 9.64 Å². The van der Waals surface area contributed by atoms with Gasteiger partial charge in [-0.3, -0.25) is 13.9 Å². The molecule has 1 aliphatic rings. The number of carbonyl (C=O) groups is 2. The first-order valence-electron chi connectivity index (χ1n) is 11.2. The van der Waals surface area contributed by atoms with Crippen LogP contribution in [0.4, 0.5) is 5.69 Å². The Morgan fingerprint density at radius 1 is 1.03 bits per heavy atom. The van der Waals surface area contributed by atoms with Crippen LogP contribution in [0.25, 0.3) is 0 Å². The molecule has 0 bridgehead atoms. The summed E-state index contributed by atoms with van der Waals surface area (Å²) in [5.41, 5.74) is 4.07. The van der Waals surface area contributed by atoms with Crippen LogP contribution < -0.4 is 4.31 Å². The van der Waals surface area contributed by atoms with E-state index in [-0.39, 0.29) is 24.3 Å². The number of carbonyl (C=O) groups excluding carboxylic acids is 2. The molecule has 0 atom stereocenters. The quantitative estimate of drug-likeness (QED) is 0.574. The smallest absolute Gasteiger partial charge is 0.309 e. The van der Waals surface area contributed by atoms with E-state index in [0.29, 0.717) is 43.8 Å². The second-order valence-corrected chi connectivity index (χ2v) is 10.5. The molecule has 3 rings (SSSR count). The van der Waals surface area contributed by atoms with Crippen molar-refractivity contribution in [1.29, 1.82) is 0 Å². The molecule has 1 fully saturated rings. The molecular weight excluding hydrogens is 440 g/mol. The molecule has 0 radical (unpaired) electrons. The van der Waals surface area contributed by atoms with Gasteiger partial charge in [-0.15, -0.1) is 0 Å². The first kappa shape index (κ1) is 24.8. The van der Waals surface area contributed by atoms with E-state index in [1.54, 1.807) is 42.2 Å². The summed E-state index contributed by atoms with van der Waals surface area (Å²) >= 11 is 0. The van der Waals surface area contributed by atoms with Gasteiger partial charge in [-0.2, -0.15) is 0 Å². The van der Waals surface area contributed by atoms with Gasteiger partial charge in [0, 0.05) is 18.7 Å². The molecule has 1 aliphatic heterocycles. The minimum absolute atomic E-state index is 0.0852. The summed E-state index contributed by atoms with van der Waals surface area (Å²) in [5, 5.41) is 0. The summed E-state index contributed by atoms with van der Waals surface area (Å²) < 4.78 is 31.4. The molecule has 1 heterocycles. The average Bonchev–Trinajstić information content (AvgIpc) is 2.79. The summed E-state index contributed by atoms with van der Waals surface area (Å²) in [4.78, 5) is 26.5. The molecule has 0 saturated carbocycles. The molecule has 2 aromatic carbocycles. The van der Waals surface area contributed by atoms with Crippen molar-refractivity contribution < 1.29 is 22.7 Å². The summed E-state index contributed by atoms with van der Waals surface area (Å²) in [6.45, 7) is 7.30. The fraction of sp³-hybridized carbons (Fsp3) is 0.440. The van der Waals surface area contributed by atoms with Gasteiger partial charge in [0.1, 0.15) is 0 Å². The maximum atomic E-state index is 12.9. The van der Waals surface area contributed by atoms with Crippen LogP contribution >= 0.6 is 0 Å². The minimum Gasteiger partial charge on any atom is -0.466 e. The highest BCUT2D eigenvalue weighted by Crippen LogP contribution is 2.24. The highest BCUT2D eigenvalue weighted by Gasteiger charge is 2.28. The van der Waals surface area contributed by atoms with Crippen LogP contribution in [0.5, 0.6) is 0 Å². The first-order chi connectivity index (χ1) is 15.6. The molecule has 1 amide bonds. The number of hydrogen-bond donors (Lipinski definition) is 0. The van der Waals surface area contributed by atoms with Gasteiger partial charge in [-0.1, -0.05) is 18.2 Å². The van der Waals surface area contributed by atoms with Gasteiger partial charge in [0.2, 0.25) is 10.0 Å². The zero-order valence-electron chi connectivity index (χ0n) is 19.7. The summed E-state index contributed by atoms with van der Waals surface area (Å²) in [5.74, 6) is -0.421. The number of benzene rings is 2. The van der Waals surface area contributed by atoms with E-state index in [0.717, 1.165) is 16.7 Å². The zero-order chi connectivity index (χ0) is 24.2. The zero-order valence-corrected chi connectivity index (χ0v) is 20.5. The Hall–Kier alpha value is -2.87. The lowest BCUT2D eigenvalue weighted by Gasteiger charge is -2.31. The molecular formula is C25H32N2O5S. The van der Waals surface area contributed by atoms with E-state index in [9.17, 15) is 18.0 Å². The molecule has 2 aromatic rings. The van der Waals surface area contributed by atoms with Crippen LogP contribution in [-0.4, -0.2) is 51.1 Å². The normalized spacial score (nSPS) is 14.7. The highest BCUT2D eigenvalue weighted by atomic mass is 32.2. The maximum absolute atomic E-state index is 12.9. The van der Waals surface area contributed by atoms with Gasteiger partial charge in [0.05, 0.1) is 31.0 Å². The van der Waals surface area contributed by atoms with E-state index >= 15 is 0 Å². The third kappa shape index (κ3) is 6.13. The van der Waals surface area contributed by atoms with Crippen LogP contribution in [0.3, 0.4) is 0 Å². The summed E-state index contributed by atoms with van der Waals surface area (Å²) in [7, 11) is -3.49. The minimum atomic E-state index is -3.49. The molecule has 0 aliphatic carbocycles. The molecule has 0 unspecified atom stereocenters. The van der Waals surface area contributed by atoms with Crippen molar-refractivity contribution >= 4 is 27.6 Å². The monoisotopic (exact) mass is 472 g/mol. The average molecular weight is 473 g/mol. The number of piperidine rings is 1. The number of amides is 1. The Labute approximate surface area is 196 Å². The standard InChI is InChI=1S/C25H32N2O5S/c1-5-32-25(29)22-12-14-26(15-13-22)24(28)21-9-7-20(8-10-21)17-27(33(4,30)31)23-11-6-18(2)19(3)16-23/h6-11,16,22H,5,12-15,17H2,1-4H3. The number of anilines is 1. The van der Waals surface area contributed by atoms with Crippen LogP contribution in [0.1, 0.15) is 46.8 Å². The first-order valence-corrected chi connectivity index (χ1v) is 13.0. The van der Waals surface area contributed by atoms with E-state index < -0.39 is 10.0 Å². The predicted octanol–water partition coefficient (Wildman–Crippen LogP) is 3.68. The van der Waals surface area contributed by atoms with E-state index in [2.05, 4.69) is 0 Å². The van der Waals surface area contributed by atoms with Gasteiger partial charge >= 0.3 is 5.97 Å². The molecule has 0 aromatic heterocycles. The van der Waals surface area contributed by atoms with Crippen molar-refractivity contribution in [3.63, 3.8) is 0 Å². The van der Waals surface area contributed by atoms with Crippen LogP contribution in [0.2, 0.25) is 0 Å². The van der Waals surface area contributed by atoms with E-state index in [4.69, 9.17) is 4.74 Å². The predicted molar refractivity (Wildman–Crippen MR) is 129 cm³/mol.